The van der Waals surface area contributed by atoms with Gasteiger partial charge in [-0.05, 0) is 0 Å². The molecule has 10 heavy (non-hydrogen) atoms. The van der Waals surface area contributed by atoms with Gasteiger partial charge in [0.05, 0.1) is 7.05 Å². The van der Waals surface area contributed by atoms with Gasteiger partial charge in [0.2, 0.25) is 5.94 Å². The lowest BCUT2D eigenvalue weighted by molar-refractivity contribution is -0.648. The highest BCUT2D eigenvalue weighted by Gasteiger charge is 2.62. The summed E-state index contributed by atoms with van der Waals surface area (Å²) in [6.45, 7) is 0. The summed E-state index contributed by atoms with van der Waals surface area (Å²) in [5.41, 5.74) is -0.0247. The number of rotatable bonds is 1. The van der Waals surface area contributed by atoms with Crippen LogP contribution in [0.3, 0.4) is 0 Å². The van der Waals surface area contributed by atoms with Crippen molar-refractivity contribution in [2.75, 3.05) is 7.05 Å². The topological polar surface area (TPSA) is 51.2 Å². The van der Waals surface area contributed by atoms with Crippen molar-refractivity contribution in [2.45, 2.75) is 0 Å². The van der Waals surface area contributed by atoms with E-state index >= 15 is 0 Å². The predicted octanol–water partition coefficient (Wildman–Crippen LogP) is -0.966. The molecule has 0 aromatic heterocycles. The van der Waals surface area contributed by atoms with Gasteiger partial charge in [0, 0.05) is 0 Å². The van der Waals surface area contributed by atoms with E-state index < -0.39 is 5.91 Å². The lowest BCUT2D eigenvalue weighted by Crippen LogP contribution is -2.11. The summed E-state index contributed by atoms with van der Waals surface area (Å²) < 4.78 is -0.354. The van der Waals surface area contributed by atoms with E-state index in [0.29, 0.717) is 0 Å². The molecule has 0 radical (unpaired) electrons. The first-order valence-corrected chi connectivity index (χ1v) is 2.55. The summed E-state index contributed by atoms with van der Waals surface area (Å²) in [6, 6.07) is 0. The summed E-state index contributed by atoms with van der Waals surface area (Å²) in [6.07, 6.45) is 0.975. The number of quaternary nitrogens is 1. The molecule has 1 saturated heterocycles. The quantitative estimate of drug-likeness (QED) is 0.203. The molecule has 1 atom stereocenters. The van der Waals surface area contributed by atoms with Crippen LogP contribution in [0.2, 0.25) is 0 Å². The van der Waals surface area contributed by atoms with E-state index in [1.165, 1.54) is 18.9 Å². The molecule has 1 aliphatic heterocycles. The van der Waals surface area contributed by atoms with Crippen LogP contribution >= 0.6 is 0 Å². The number of hydrogen-bond donors (Lipinski definition) is 0. The van der Waals surface area contributed by atoms with E-state index in [2.05, 4.69) is 0 Å². The van der Waals surface area contributed by atoms with Crippen molar-refractivity contribution in [2.24, 2.45) is 0 Å². The second-order valence-corrected chi connectivity index (χ2v) is 2.08. The Morgan fingerprint density at radius 3 is 2.40 bits per heavy atom. The smallest absolute Gasteiger partial charge is 0.228 e. The Morgan fingerprint density at radius 1 is 1.50 bits per heavy atom. The van der Waals surface area contributed by atoms with Crippen LogP contribution in [0.4, 0.5) is 0 Å². The largest absolute Gasteiger partial charge is 0.423 e. The van der Waals surface area contributed by atoms with Crippen LogP contribution in [0.1, 0.15) is 0 Å². The van der Waals surface area contributed by atoms with Crippen molar-refractivity contribution < 1.29 is 18.9 Å². The molecule has 4 nitrogen and oxygen atoms in total. The fraction of sp³-hybridized carbons (Fsp3) is 0.167. The van der Waals surface area contributed by atoms with Crippen LogP contribution < -0.4 is 0 Å². The van der Waals surface area contributed by atoms with Crippen LogP contribution in [0.5, 0.6) is 0 Å². The summed E-state index contributed by atoms with van der Waals surface area (Å²) in [7, 11) is 1.42. The molecule has 1 heterocycles. The summed E-state index contributed by atoms with van der Waals surface area (Å²) in [4.78, 5) is 30.3. The Bertz CT molecular complexity index is 294. The first-order chi connectivity index (χ1) is 4.66. The molecule has 0 N–H and O–H groups in total. The van der Waals surface area contributed by atoms with E-state index in [4.69, 9.17) is 0 Å². The van der Waals surface area contributed by atoms with Crippen molar-refractivity contribution >= 4 is 17.8 Å². The normalized spacial score (nSPS) is 28.9. The Kier molecular flexibility index (Phi) is 1.17. The number of carbonyl (C=O) groups is 1. The molecule has 0 aliphatic carbocycles. The zero-order valence-corrected chi connectivity index (χ0v) is 5.25. The van der Waals surface area contributed by atoms with E-state index in [1.807, 2.05) is 0 Å². The van der Waals surface area contributed by atoms with Gasteiger partial charge in [-0.3, -0.25) is 0 Å². The molecule has 0 spiro atoms. The number of hydrogen-bond acceptors (Lipinski definition) is 3. The first-order valence-electron chi connectivity index (χ1n) is 2.55. The van der Waals surface area contributed by atoms with Gasteiger partial charge >= 0.3 is 11.6 Å². The molecule has 1 unspecified atom stereocenters. The minimum atomic E-state index is -0.390. The Balaban J connectivity index is 3.10. The number of likely N-dealkylation sites (N-methyl/N-ethyl adjacent to an activating group) is 1. The van der Waals surface area contributed by atoms with Crippen molar-refractivity contribution in [1.82, 2.24) is 0 Å². The number of amides is 1. The van der Waals surface area contributed by atoms with E-state index in [1.54, 1.807) is 0 Å². The molecule has 0 saturated carbocycles. The molecule has 0 aromatic carbocycles. The highest BCUT2D eigenvalue weighted by molar-refractivity contribution is 6.07. The third kappa shape index (κ3) is 0.582. The summed E-state index contributed by atoms with van der Waals surface area (Å²) in [5.74, 6) is 2.49. The lowest BCUT2D eigenvalue weighted by atomic mass is 10.7. The van der Waals surface area contributed by atoms with Crippen LogP contribution in [-0.4, -0.2) is 29.3 Å². The van der Waals surface area contributed by atoms with E-state index in [-0.39, 0.29) is 10.2 Å². The van der Waals surface area contributed by atoms with Crippen LogP contribution in [0.25, 0.3) is 0 Å². The average molecular weight is 138 g/mol. The second kappa shape index (κ2) is 1.75. The number of nitrogens with zero attached hydrogens (tertiary/aromatic N) is 1. The third-order valence-corrected chi connectivity index (χ3v) is 1.45. The van der Waals surface area contributed by atoms with Gasteiger partial charge in [0.25, 0.3) is 0 Å². The second-order valence-electron chi connectivity index (χ2n) is 2.08. The van der Waals surface area contributed by atoms with Gasteiger partial charge in [0.15, 0.2) is 12.1 Å². The van der Waals surface area contributed by atoms with Gasteiger partial charge in [-0.2, -0.15) is 4.48 Å². The number of carbonyl (C=O) groups excluding carboxylic acids is 3. The Morgan fingerprint density at radius 2 is 2.10 bits per heavy atom. The van der Waals surface area contributed by atoms with Gasteiger partial charge in [-0.25, -0.2) is 14.4 Å². The van der Waals surface area contributed by atoms with Gasteiger partial charge in [-0.1, -0.05) is 0 Å². The lowest BCUT2D eigenvalue weighted by Gasteiger charge is -1.89. The van der Waals surface area contributed by atoms with Crippen LogP contribution in [-0.2, 0) is 14.4 Å². The zero-order chi connectivity index (χ0) is 7.78. The molecule has 4 heteroatoms. The molecular formula is C6H4NO3+. The van der Waals surface area contributed by atoms with Gasteiger partial charge in [-0.15, -0.1) is 0 Å². The fourth-order valence-corrected chi connectivity index (χ4v) is 0.680. The average Bonchev–Trinajstić information content (AvgIpc) is 2.37. The zero-order valence-electron chi connectivity index (χ0n) is 5.25. The SMILES string of the molecule is C[N+]1(C=C=O)C(=O)C1=C=O. The minimum absolute atomic E-state index is 0.0247. The van der Waals surface area contributed by atoms with Gasteiger partial charge in [0.1, 0.15) is 0 Å². The van der Waals surface area contributed by atoms with Crippen molar-refractivity contribution in [1.29, 1.82) is 0 Å². The molecule has 0 bridgehead atoms. The molecule has 1 fully saturated rings. The van der Waals surface area contributed by atoms with Crippen molar-refractivity contribution in [3.05, 3.63) is 11.9 Å². The highest BCUT2D eigenvalue weighted by Crippen LogP contribution is 2.31. The molecule has 1 rings (SSSR count). The van der Waals surface area contributed by atoms with Crippen LogP contribution in [0, 0.1) is 0 Å². The van der Waals surface area contributed by atoms with Crippen molar-refractivity contribution in [3.63, 3.8) is 0 Å². The summed E-state index contributed by atoms with van der Waals surface area (Å²) >= 11 is 0. The van der Waals surface area contributed by atoms with Crippen molar-refractivity contribution in [3.8, 4) is 0 Å². The predicted molar refractivity (Wildman–Crippen MR) is 30.7 cm³/mol. The fourth-order valence-electron chi connectivity index (χ4n) is 0.680. The van der Waals surface area contributed by atoms with E-state index in [9.17, 15) is 14.4 Å². The van der Waals surface area contributed by atoms with Gasteiger partial charge < -0.3 is 0 Å². The highest BCUT2D eigenvalue weighted by atomic mass is 16.2. The molecule has 0 aromatic rings. The molecule has 1 aliphatic rings. The maximum atomic E-state index is 10.6. The molecular weight excluding hydrogens is 134 g/mol. The maximum absolute atomic E-state index is 10.6. The Hall–Kier alpha value is -1.47. The van der Waals surface area contributed by atoms with E-state index in [0.717, 1.165) is 6.20 Å². The standard InChI is InChI=1S/C6H4NO3/c1-7(2-3-8)5(4-9)6(7)10/h2H,1H3/q+1. The van der Waals surface area contributed by atoms with Crippen LogP contribution in [0.15, 0.2) is 11.9 Å². The maximum Gasteiger partial charge on any atom is 0.423 e. The Labute approximate surface area is 56.6 Å². The summed E-state index contributed by atoms with van der Waals surface area (Å²) in [5, 5.41) is 0. The first kappa shape index (κ1) is 6.65. The minimum Gasteiger partial charge on any atom is -0.228 e. The molecule has 1 amide bonds. The molecule has 50 valence electrons. The third-order valence-electron chi connectivity index (χ3n) is 1.45. The monoisotopic (exact) mass is 138 g/mol.